The number of benzene rings is 1. The summed E-state index contributed by atoms with van der Waals surface area (Å²) in [5.41, 5.74) is 7.03. The van der Waals surface area contributed by atoms with E-state index in [4.69, 9.17) is 10.5 Å². The number of rotatable bonds is 5. The molecule has 0 aliphatic carbocycles. The Balaban J connectivity index is 2.15. The molecule has 1 amide bonds. The zero-order valence-corrected chi connectivity index (χ0v) is 12.3. The SMILES string of the molecule is CC(C)Cc1cc(OC2CCNCC2)ccc1C(N)=O. The summed E-state index contributed by atoms with van der Waals surface area (Å²) in [6.07, 6.45) is 3.15. The molecular formula is C16H24N2O2. The third-order valence-electron chi connectivity index (χ3n) is 3.56. The molecule has 2 rings (SSSR count). The van der Waals surface area contributed by atoms with E-state index in [9.17, 15) is 4.79 Å². The van der Waals surface area contributed by atoms with E-state index < -0.39 is 0 Å². The second-order valence-corrected chi connectivity index (χ2v) is 5.85. The summed E-state index contributed by atoms with van der Waals surface area (Å²) < 4.78 is 6.02. The van der Waals surface area contributed by atoms with Gasteiger partial charge in [0.25, 0.3) is 0 Å². The van der Waals surface area contributed by atoms with E-state index in [1.165, 1.54) is 0 Å². The van der Waals surface area contributed by atoms with Gasteiger partial charge in [-0.15, -0.1) is 0 Å². The van der Waals surface area contributed by atoms with Crippen LogP contribution in [0.5, 0.6) is 5.75 Å². The van der Waals surface area contributed by atoms with E-state index in [0.29, 0.717) is 11.5 Å². The van der Waals surface area contributed by atoms with Gasteiger partial charge in [0.1, 0.15) is 11.9 Å². The van der Waals surface area contributed by atoms with Crippen LogP contribution in [0.2, 0.25) is 0 Å². The van der Waals surface area contributed by atoms with Crippen LogP contribution in [0, 0.1) is 5.92 Å². The van der Waals surface area contributed by atoms with Gasteiger partial charge in [-0.05, 0) is 62.0 Å². The highest BCUT2D eigenvalue weighted by atomic mass is 16.5. The molecular weight excluding hydrogens is 252 g/mol. The van der Waals surface area contributed by atoms with Crippen molar-refractivity contribution in [2.45, 2.75) is 39.2 Å². The van der Waals surface area contributed by atoms with Crippen LogP contribution in [-0.2, 0) is 6.42 Å². The third-order valence-corrected chi connectivity index (χ3v) is 3.56. The largest absolute Gasteiger partial charge is 0.490 e. The Hall–Kier alpha value is -1.55. The second kappa shape index (κ2) is 6.75. The lowest BCUT2D eigenvalue weighted by Gasteiger charge is -2.24. The molecule has 1 fully saturated rings. The van der Waals surface area contributed by atoms with Gasteiger partial charge in [0.2, 0.25) is 5.91 Å². The molecule has 4 nitrogen and oxygen atoms in total. The number of nitrogens with two attached hydrogens (primary N) is 1. The zero-order valence-electron chi connectivity index (χ0n) is 12.3. The molecule has 1 saturated heterocycles. The van der Waals surface area contributed by atoms with Crippen molar-refractivity contribution < 1.29 is 9.53 Å². The first-order valence-electron chi connectivity index (χ1n) is 7.36. The van der Waals surface area contributed by atoms with Gasteiger partial charge >= 0.3 is 0 Å². The van der Waals surface area contributed by atoms with Crippen molar-refractivity contribution >= 4 is 5.91 Å². The average Bonchev–Trinajstić information content (AvgIpc) is 2.39. The molecule has 0 atom stereocenters. The van der Waals surface area contributed by atoms with Crippen LogP contribution in [0.4, 0.5) is 0 Å². The van der Waals surface area contributed by atoms with Crippen LogP contribution >= 0.6 is 0 Å². The first-order valence-corrected chi connectivity index (χ1v) is 7.36. The Morgan fingerprint density at radius 1 is 1.40 bits per heavy atom. The van der Waals surface area contributed by atoms with E-state index in [1.807, 2.05) is 12.1 Å². The molecule has 0 aromatic heterocycles. The Labute approximate surface area is 120 Å². The topological polar surface area (TPSA) is 64.3 Å². The number of carbonyl (C=O) groups excluding carboxylic acids is 1. The van der Waals surface area contributed by atoms with Crippen LogP contribution in [0.25, 0.3) is 0 Å². The van der Waals surface area contributed by atoms with E-state index in [2.05, 4.69) is 19.2 Å². The Morgan fingerprint density at radius 2 is 2.10 bits per heavy atom. The fourth-order valence-corrected chi connectivity index (χ4v) is 2.60. The molecule has 110 valence electrons. The second-order valence-electron chi connectivity index (χ2n) is 5.85. The maximum atomic E-state index is 11.5. The maximum Gasteiger partial charge on any atom is 0.248 e. The molecule has 0 spiro atoms. The van der Waals surface area contributed by atoms with Gasteiger partial charge < -0.3 is 15.8 Å². The van der Waals surface area contributed by atoms with Crippen molar-refractivity contribution in [1.29, 1.82) is 0 Å². The quantitative estimate of drug-likeness (QED) is 0.865. The molecule has 0 bridgehead atoms. The summed E-state index contributed by atoms with van der Waals surface area (Å²) >= 11 is 0. The predicted octanol–water partition coefficient (Wildman–Crippen LogP) is 2.11. The van der Waals surface area contributed by atoms with Crippen LogP contribution < -0.4 is 15.8 Å². The van der Waals surface area contributed by atoms with Crippen molar-refractivity contribution in [3.8, 4) is 5.75 Å². The number of ether oxygens (including phenoxy) is 1. The summed E-state index contributed by atoms with van der Waals surface area (Å²) in [7, 11) is 0. The third kappa shape index (κ3) is 3.97. The molecule has 1 aliphatic rings. The predicted molar refractivity (Wildman–Crippen MR) is 80.0 cm³/mol. The Morgan fingerprint density at radius 3 is 2.70 bits per heavy atom. The number of piperidine rings is 1. The van der Waals surface area contributed by atoms with Crippen molar-refractivity contribution in [3.05, 3.63) is 29.3 Å². The summed E-state index contributed by atoms with van der Waals surface area (Å²) in [5.74, 6) is 0.953. The molecule has 0 radical (unpaired) electrons. The van der Waals surface area contributed by atoms with E-state index in [0.717, 1.165) is 43.7 Å². The highest BCUT2D eigenvalue weighted by Gasteiger charge is 2.16. The zero-order chi connectivity index (χ0) is 14.5. The monoisotopic (exact) mass is 276 g/mol. The van der Waals surface area contributed by atoms with Crippen LogP contribution in [0.1, 0.15) is 42.6 Å². The van der Waals surface area contributed by atoms with Crippen LogP contribution in [0.15, 0.2) is 18.2 Å². The first kappa shape index (κ1) is 14.9. The van der Waals surface area contributed by atoms with Gasteiger partial charge in [0.15, 0.2) is 0 Å². The maximum absolute atomic E-state index is 11.5. The minimum atomic E-state index is -0.367. The fourth-order valence-electron chi connectivity index (χ4n) is 2.60. The van der Waals surface area contributed by atoms with E-state index >= 15 is 0 Å². The number of hydrogen-bond acceptors (Lipinski definition) is 3. The molecule has 3 N–H and O–H groups in total. The Bertz CT molecular complexity index is 466. The molecule has 0 unspecified atom stereocenters. The number of carbonyl (C=O) groups is 1. The lowest BCUT2D eigenvalue weighted by atomic mass is 9.97. The fraction of sp³-hybridized carbons (Fsp3) is 0.562. The highest BCUT2D eigenvalue weighted by Crippen LogP contribution is 2.23. The van der Waals surface area contributed by atoms with E-state index in [1.54, 1.807) is 6.07 Å². The number of amides is 1. The van der Waals surface area contributed by atoms with Crippen LogP contribution in [0.3, 0.4) is 0 Å². The van der Waals surface area contributed by atoms with Gasteiger partial charge in [0.05, 0.1) is 0 Å². The van der Waals surface area contributed by atoms with Gasteiger partial charge in [-0.1, -0.05) is 13.8 Å². The molecule has 1 aromatic carbocycles. The average molecular weight is 276 g/mol. The van der Waals surface area contributed by atoms with Crippen molar-refractivity contribution in [1.82, 2.24) is 5.32 Å². The van der Waals surface area contributed by atoms with E-state index in [-0.39, 0.29) is 12.0 Å². The number of primary amides is 1. The normalized spacial score (nSPS) is 16.4. The van der Waals surface area contributed by atoms with Gasteiger partial charge in [-0.3, -0.25) is 4.79 Å². The minimum Gasteiger partial charge on any atom is -0.490 e. The van der Waals surface area contributed by atoms with Gasteiger partial charge in [-0.2, -0.15) is 0 Å². The summed E-state index contributed by atoms with van der Waals surface area (Å²) in [6, 6.07) is 5.62. The van der Waals surface area contributed by atoms with Crippen molar-refractivity contribution in [2.24, 2.45) is 11.7 Å². The lowest BCUT2D eigenvalue weighted by molar-refractivity contribution is 0.0999. The minimum absolute atomic E-state index is 0.266. The first-order chi connectivity index (χ1) is 9.56. The highest BCUT2D eigenvalue weighted by molar-refractivity contribution is 5.94. The molecule has 4 heteroatoms. The molecule has 20 heavy (non-hydrogen) atoms. The molecule has 1 heterocycles. The van der Waals surface area contributed by atoms with Crippen LogP contribution in [-0.4, -0.2) is 25.1 Å². The molecule has 1 aliphatic heterocycles. The van der Waals surface area contributed by atoms with Crippen molar-refractivity contribution in [3.63, 3.8) is 0 Å². The summed E-state index contributed by atoms with van der Waals surface area (Å²) in [5, 5.41) is 3.32. The number of hydrogen-bond donors (Lipinski definition) is 2. The Kier molecular flexibility index (Phi) is 5.01. The molecule has 1 aromatic rings. The standard InChI is InChI=1S/C16H24N2O2/c1-11(2)9-12-10-14(3-4-15(12)16(17)19)20-13-5-7-18-8-6-13/h3-4,10-11,13,18H,5-9H2,1-2H3,(H2,17,19). The van der Waals surface area contributed by atoms with Gasteiger partial charge in [-0.25, -0.2) is 0 Å². The molecule has 0 saturated carbocycles. The smallest absolute Gasteiger partial charge is 0.248 e. The lowest BCUT2D eigenvalue weighted by Crippen LogP contribution is -2.34. The van der Waals surface area contributed by atoms with Gasteiger partial charge in [0, 0.05) is 5.56 Å². The van der Waals surface area contributed by atoms with Crippen molar-refractivity contribution in [2.75, 3.05) is 13.1 Å². The number of nitrogens with one attached hydrogen (secondary N) is 1. The summed E-state index contributed by atoms with van der Waals surface area (Å²) in [4.78, 5) is 11.5. The summed E-state index contributed by atoms with van der Waals surface area (Å²) in [6.45, 7) is 6.27.